The number of hydrogen-bond acceptors (Lipinski definition) is 3. The van der Waals surface area contributed by atoms with E-state index in [1.54, 1.807) is 0 Å². The monoisotopic (exact) mass is 275 g/mol. The molecule has 1 N–H and O–H groups in total. The van der Waals surface area contributed by atoms with Crippen LogP contribution in [0.15, 0.2) is 41.8 Å². The van der Waals surface area contributed by atoms with Crippen LogP contribution in [0.1, 0.15) is 16.0 Å². The second-order valence-electron chi connectivity index (χ2n) is 4.67. The second-order valence-corrected chi connectivity index (χ2v) is 7.10. The fourth-order valence-electron chi connectivity index (χ4n) is 2.60. The zero-order valence-electron chi connectivity index (χ0n) is 10.5. The minimum Gasteiger partial charge on any atom is -0.298 e. The first-order chi connectivity index (χ1) is 8.80. The van der Waals surface area contributed by atoms with Crippen LogP contribution in [0.5, 0.6) is 0 Å². The van der Waals surface area contributed by atoms with Gasteiger partial charge in [-0.15, -0.1) is 23.1 Å². The van der Waals surface area contributed by atoms with E-state index in [9.17, 15) is 0 Å². The highest BCUT2D eigenvalue weighted by atomic mass is 32.2. The highest BCUT2D eigenvalue weighted by Crippen LogP contribution is 2.42. The van der Waals surface area contributed by atoms with E-state index in [4.69, 9.17) is 0 Å². The van der Waals surface area contributed by atoms with Crippen molar-refractivity contribution < 1.29 is 0 Å². The van der Waals surface area contributed by atoms with Crippen LogP contribution < -0.4 is 5.32 Å². The van der Waals surface area contributed by atoms with Crippen molar-refractivity contribution in [3.63, 3.8) is 0 Å². The molecule has 0 aliphatic carbocycles. The first-order valence-corrected chi connectivity index (χ1v) is 8.14. The fraction of sp³-hybridized carbons (Fsp3) is 0.333. The van der Waals surface area contributed by atoms with Gasteiger partial charge in [0.15, 0.2) is 0 Å². The standard InChI is InChI=1S/C15H17NS2/c1-12-5-2-3-7-14(12)15(16-8-10-18-15)11-13-6-4-9-17-13/h2-7,9,16H,8,10-11H2,1H3. The molecule has 1 saturated heterocycles. The molecule has 1 aliphatic heterocycles. The molecule has 1 aliphatic rings. The topological polar surface area (TPSA) is 12.0 Å². The van der Waals surface area contributed by atoms with Gasteiger partial charge in [-0.1, -0.05) is 30.3 Å². The number of rotatable bonds is 3. The highest BCUT2D eigenvalue weighted by Gasteiger charge is 2.37. The van der Waals surface area contributed by atoms with Crippen LogP contribution in [-0.4, -0.2) is 12.3 Å². The third kappa shape index (κ3) is 2.22. The summed E-state index contributed by atoms with van der Waals surface area (Å²) in [4.78, 5) is 1.54. The SMILES string of the molecule is Cc1ccccc1C1(Cc2cccs2)NCCS1. The number of nitrogens with one attached hydrogen (secondary N) is 1. The summed E-state index contributed by atoms with van der Waals surface area (Å²) in [7, 11) is 0. The van der Waals surface area contributed by atoms with Crippen LogP contribution in [0.3, 0.4) is 0 Å². The van der Waals surface area contributed by atoms with Crippen LogP contribution in [0.25, 0.3) is 0 Å². The number of hydrogen-bond donors (Lipinski definition) is 1. The molecular weight excluding hydrogens is 258 g/mol. The Hall–Kier alpha value is -0.770. The molecule has 1 nitrogen and oxygen atoms in total. The lowest BCUT2D eigenvalue weighted by Gasteiger charge is -2.30. The van der Waals surface area contributed by atoms with Gasteiger partial charge in [-0.3, -0.25) is 5.32 Å². The predicted octanol–water partition coefficient (Wildman–Crippen LogP) is 3.79. The molecule has 1 fully saturated rings. The van der Waals surface area contributed by atoms with E-state index in [0.29, 0.717) is 0 Å². The third-order valence-electron chi connectivity index (χ3n) is 3.44. The van der Waals surface area contributed by atoms with Crippen LogP contribution in [0.4, 0.5) is 0 Å². The first-order valence-electron chi connectivity index (χ1n) is 6.28. The van der Waals surface area contributed by atoms with E-state index in [-0.39, 0.29) is 4.87 Å². The van der Waals surface area contributed by atoms with Gasteiger partial charge in [-0.05, 0) is 29.5 Å². The van der Waals surface area contributed by atoms with Gasteiger partial charge >= 0.3 is 0 Å². The molecule has 1 aromatic heterocycles. The zero-order chi connectivity index (χ0) is 12.4. The number of benzene rings is 1. The summed E-state index contributed by atoms with van der Waals surface area (Å²) in [6, 6.07) is 13.1. The Kier molecular flexibility index (Phi) is 3.46. The van der Waals surface area contributed by atoms with Crippen molar-refractivity contribution in [3.8, 4) is 0 Å². The number of aryl methyl sites for hydroxylation is 1. The Labute approximate surface area is 117 Å². The highest BCUT2D eigenvalue weighted by molar-refractivity contribution is 8.00. The predicted molar refractivity (Wildman–Crippen MR) is 81.3 cm³/mol. The van der Waals surface area contributed by atoms with Crippen molar-refractivity contribution in [3.05, 3.63) is 57.8 Å². The molecule has 2 aromatic rings. The van der Waals surface area contributed by atoms with Crippen LogP contribution >= 0.6 is 23.1 Å². The second kappa shape index (κ2) is 5.08. The maximum absolute atomic E-state index is 3.74. The van der Waals surface area contributed by atoms with Crippen molar-refractivity contribution in [1.82, 2.24) is 5.32 Å². The molecule has 94 valence electrons. The van der Waals surface area contributed by atoms with E-state index >= 15 is 0 Å². The molecule has 3 rings (SSSR count). The Bertz CT molecular complexity index is 513. The van der Waals surface area contributed by atoms with Gasteiger partial charge in [0, 0.05) is 23.6 Å². The molecule has 18 heavy (non-hydrogen) atoms. The third-order valence-corrected chi connectivity index (χ3v) is 5.73. The van der Waals surface area contributed by atoms with E-state index in [1.165, 1.54) is 21.8 Å². The molecule has 0 spiro atoms. The summed E-state index contributed by atoms with van der Waals surface area (Å²) in [5, 5.41) is 5.90. The molecule has 1 aromatic carbocycles. The molecule has 3 heteroatoms. The van der Waals surface area contributed by atoms with Crippen molar-refractivity contribution in [2.45, 2.75) is 18.2 Å². The largest absolute Gasteiger partial charge is 0.298 e. The molecule has 0 saturated carbocycles. The smallest absolute Gasteiger partial charge is 0.0953 e. The summed E-state index contributed by atoms with van der Waals surface area (Å²) >= 11 is 3.91. The maximum atomic E-state index is 3.74. The van der Waals surface area contributed by atoms with E-state index in [0.717, 1.165) is 13.0 Å². The number of thiophene rings is 1. The van der Waals surface area contributed by atoms with Gasteiger partial charge in [-0.25, -0.2) is 0 Å². The molecule has 0 bridgehead atoms. The van der Waals surface area contributed by atoms with Crippen molar-refractivity contribution in [1.29, 1.82) is 0 Å². The first kappa shape index (κ1) is 12.3. The molecule has 0 radical (unpaired) electrons. The van der Waals surface area contributed by atoms with E-state index in [1.807, 2.05) is 11.3 Å². The quantitative estimate of drug-likeness (QED) is 0.914. The van der Waals surface area contributed by atoms with Gasteiger partial charge in [0.1, 0.15) is 0 Å². The Morgan fingerprint density at radius 2 is 2.11 bits per heavy atom. The molecule has 0 amide bonds. The fourth-order valence-corrected chi connectivity index (χ4v) is 4.87. The van der Waals surface area contributed by atoms with Crippen LogP contribution in [0.2, 0.25) is 0 Å². The summed E-state index contributed by atoms with van der Waals surface area (Å²) in [6.07, 6.45) is 1.08. The minimum atomic E-state index is 0.0796. The Balaban J connectivity index is 1.99. The maximum Gasteiger partial charge on any atom is 0.0953 e. The molecule has 1 unspecified atom stereocenters. The normalized spacial score (nSPS) is 23.4. The summed E-state index contributed by atoms with van der Waals surface area (Å²) in [5.41, 5.74) is 2.83. The lowest BCUT2D eigenvalue weighted by atomic mass is 9.97. The van der Waals surface area contributed by atoms with Gasteiger partial charge in [0.25, 0.3) is 0 Å². The van der Waals surface area contributed by atoms with Crippen molar-refractivity contribution in [2.75, 3.05) is 12.3 Å². The average Bonchev–Trinajstić information content (AvgIpc) is 3.02. The number of thioether (sulfide) groups is 1. The zero-order valence-corrected chi connectivity index (χ0v) is 12.1. The van der Waals surface area contributed by atoms with Crippen LogP contribution in [-0.2, 0) is 11.3 Å². The van der Waals surface area contributed by atoms with Crippen molar-refractivity contribution >= 4 is 23.1 Å². The van der Waals surface area contributed by atoms with Gasteiger partial charge in [-0.2, -0.15) is 0 Å². The Morgan fingerprint density at radius 3 is 2.78 bits per heavy atom. The van der Waals surface area contributed by atoms with Gasteiger partial charge < -0.3 is 0 Å². The minimum absolute atomic E-state index is 0.0796. The average molecular weight is 275 g/mol. The van der Waals surface area contributed by atoms with E-state index < -0.39 is 0 Å². The lowest BCUT2D eigenvalue weighted by Crippen LogP contribution is -2.37. The van der Waals surface area contributed by atoms with Gasteiger partial charge in [0.2, 0.25) is 0 Å². The lowest BCUT2D eigenvalue weighted by molar-refractivity contribution is 0.523. The molecule has 1 atom stereocenters. The summed E-state index contributed by atoms with van der Waals surface area (Å²) < 4.78 is 0. The molecule has 2 heterocycles. The Morgan fingerprint density at radius 1 is 1.22 bits per heavy atom. The summed E-state index contributed by atoms with van der Waals surface area (Å²) in [6.45, 7) is 3.32. The molecular formula is C15H17NS2. The van der Waals surface area contributed by atoms with Crippen LogP contribution in [0, 0.1) is 6.92 Å². The van der Waals surface area contributed by atoms with Gasteiger partial charge in [0.05, 0.1) is 4.87 Å². The summed E-state index contributed by atoms with van der Waals surface area (Å²) in [5.74, 6) is 1.19. The van der Waals surface area contributed by atoms with E-state index in [2.05, 4.69) is 65.8 Å². The van der Waals surface area contributed by atoms with Crippen molar-refractivity contribution in [2.24, 2.45) is 0 Å².